The van der Waals surface area contributed by atoms with E-state index in [9.17, 15) is 19.3 Å². The number of nitrogens with one attached hydrogen (secondary N) is 1. The molecule has 0 aliphatic carbocycles. The number of amides is 1. The molecule has 174 valence electrons. The van der Waals surface area contributed by atoms with Crippen LogP contribution in [-0.2, 0) is 11.8 Å². The zero-order valence-electron chi connectivity index (χ0n) is 18.3. The second-order valence-corrected chi connectivity index (χ2v) is 8.29. The summed E-state index contributed by atoms with van der Waals surface area (Å²) in [7, 11) is 3.31. The first-order valence-electron chi connectivity index (χ1n) is 9.81. The molecule has 12 heteroatoms. The fourth-order valence-electron chi connectivity index (χ4n) is 2.93. The van der Waals surface area contributed by atoms with Crippen LogP contribution in [0.4, 0.5) is 15.8 Å². The minimum absolute atomic E-state index is 0.123. The van der Waals surface area contributed by atoms with Crippen LogP contribution in [-0.4, -0.2) is 38.0 Å². The number of hydrogen-bond donors (Lipinski definition) is 1. The van der Waals surface area contributed by atoms with E-state index in [1.165, 1.54) is 6.07 Å². The number of carbonyl (C=O) groups excluding carboxylic acids is 1. The highest BCUT2D eigenvalue weighted by Crippen LogP contribution is 2.31. The van der Waals surface area contributed by atoms with E-state index in [2.05, 4.69) is 15.5 Å². The zero-order chi connectivity index (χ0) is 24.1. The van der Waals surface area contributed by atoms with E-state index in [-0.39, 0.29) is 5.69 Å². The number of nitro groups is 1. The fourth-order valence-corrected chi connectivity index (χ4v) is 3.75. The van der Waals surface area contributed by atoms with E-state index >= 15 is 0 Å². The minimum Gasteiger partial charge on any atom is -0.493 e. The number of thioether (sulfide) groups is 1. The lowest BCUT2D eigenvalue weighted by Gasteiger charge is -2.16. The summed E-state index contributed by atoms with van der Waals surface area (Å²) in [5, 5.41) is 21.6. The molecule has 0 fully saturated rings. The van der Waals surface area contributed by atoms with E-state index in [1.54, 1.807) is 37.8 Å². The molecular formula is C21H22FN5O5S. The second kappa shape index (κ2) is 10.3. The molecule has 0 saturated heterocycles. The number of carbonyl (C=O) groups is 1. The van der Waals surface area contributed by atoms with Crippen molar-refractivity contribution in [1.29, 1.82) is 0 Å². The summed E-state index contributed by atoms with van der Waals surface area (Å²) in [4.78, 5) is 22.6. The largest absolute Gasteiger partial charge is 0.493 e. The molecule has 3 aromatic rings. The first-order valence-corrected chi connectivity index (χ1v) is 10.7. The number of para-hydroxylation sites is 2. The van der Waals surface area contributed by atoms with E-state index in [0.717, 1.165) is 23.9 Å². The van der Waals surface area contributed by atoms with E-state index in [0.29, 0.717) is 22.5 Å². The molecule has 1 amide bonds. The van der Waals surface area contributed by atoms with Gasteiger partial charge in [0, 0.05) is 18.8 Å². The van der Waals surface area contributed by atoms with Gasteiger partial charge in [-0.1, -0.05) is 23.9 Å². The Morgan fingerprint density at radius 1 is 1.21 bits per heavy atom. The predicted molar refractivity (Wildman–Crippen MR) is 120 cm³/mol. The van der Waals surface area contributed by atoms with E-state index in [1.807, 2.05) is 19.1 Å². The highest BCUT2D eigenvalue weighted by molar-refractivity contribution is 8.00. The molecule has 3 rings (SSSR count). The first kappa shape index (κ1) is 24.0. The maximum atomic E-state index is 13.5. The highest BCUT2D eigenvalue weighted by atomic mass is 32.2. The lowest BCUT2D eigenvalue weighted by atomic mass is 10.2. The molecule has 1 heterocycles. The number of aromatic nitrogens is 3. The Hall–Kier alpha value is -3.67. The third-order valence-electron chi connectivity index (χ3n) is 4.67. The summed E-state index contributed by atoms with van der Waals surface area (Å²) in [6, 6.07) is 10.4. The van der Waals surface area contributed by atoms with Crippen molar-refractivity contribution >= 4 is 29.0 Å². The van der Waals surface area contributed by atoms with Crippen molar-refractivity contribution in [3.63, 3.8) is 0 Å². The minimum atomic E-state index is -0.975. The maximum absolute atomic E-state index is 13.5. The molecular weight excluding hydrogens is 453 g/mol. The van der Waals surface area contributed by atoms with Crippen LogP contribution < -0.4 is 14.8 Å². The number of rotatable bonds is 9. The Morgan fingerprint density at radius 3 is 2.58 bits per heavy atom. The summed E-state index contributed by atoms with van der Waals surface area (Å²) in [6.07, 6.45) is -0.447. The van der Waals surface area contributed by atoms with Crippen molar-refractivity contribution in [1.82, 2.24) is 14.8 Å². The summed E-state index contributed by atoms with van der Waals surface area (Å²) >= 11 is 1.15. The van der Waals surface area contributed by atoms with Gasteiger partial charge in [0.05, 0.1) is 17.3 Å². The van der Waals surface area contributed by atoms with Crippen LogP contribution >= 0.6 is 11.8 Å². The first-order chi connectivity index (χ1) is 15.7. The number of anilines is 1. The lowest BCUT2D eigenvalue weighted by molar-refractivity contribution is -0.387. The van der Waals surface area contributed by atoms with Crippen molar-refractivity contribution in [3.8, 4) is 11.5 Å². The summed E-state index contributed by atoms with van der Waals surface area (Å²) < 4.78 is 26.5. The van der Waals surface area contributed by atoms with Crippen molar-refractivity contribution < 1.29 is 23.6 Å². The molecule has 0 aliphatic heterocycles. The average molecular weight is 476 g/mol. The molecule has 0 saturated carbocycles. The van der Waals surface area contributed by atoms with Gasteiger partial charge < -0.3 is 19.4 Å². The van der Waals surface area contributed by atoms with Crippen LogP contribution in [0.3, 0.4) is 0 Å². The summed E-state index contributed by atoms with van der Waals surface area (Å²) in [6.45, 7) is 3.48. The van der Waals surface area contributed by atoms with Gasteiger partial charge in [0.25, 0.3) is 0 Å². The molecule has 0 aliphatic rings. The molecule has 10 nitrogen and oxygen atoms in total. The zero-order valence-corrected chi connectivity index (χ0v) is 19.1. The van der Waals surface area contributed by atoms with Gasteiger partial charge in [0.1, 0.15) is 0 Å². The van der Waals surface area contributed by atoms with Crippen LogP contribution in [0.15, 0.2) is 47.6 Å². The molecule has 33 heavy (non-hydrogen) atoms. The predicted octanol–water partition coefficient (Wildman–Crippen LogP) is 4.13. The fraction of sp³-hybridized carbons (Fsp3) is 0.286. The third kappa shape index (κ3) is 5.58. The van der Waals surface area contributed by atoms with Gasteiger partial charge >= 0.3 is 5.69 Å². The molecule has 0 bridgehead atoms. The van der Waals surface area contributed by atoms with Gasteiger partial charge in [-0.25, -0.2) is 0 Å². The van der Waals surface area contributed by atoms with E-state index < -0.39 is 33.7 Å². The van der Waals surface area contributed by atoms with Gasteiger partial charge in [-0.2, -0.15) is 4.39 Å². The average Bonchev–Trinajstić information content (AvgIpc) is 3.15. The monoisotopic (exact) mass is 475 g/mol. The number of halogens is 1. The highest BCUT2D eigenvalue weighted by Gasteiger charge is 2.23. The molecule has 1 N–H and O–H groups in total. The van der Waals surface area contributed by atoms with Gasteiger partial charge in [-0.05, 0) is 38.1 Å². The van der Waals surface area contributed by atoms with Crippen LogP contribution in [0.5, 0.6) is 11.5 Å². The lowest BCUT2D eigenvalue weighted by Crippen LogP contribution is -2.23. The molecule has 0 spiro atoms. The number of benzene rings is 2. The standard InChI is InChI=1S/C21H22FN5O5S/c1-12(32-18-8-6-5-7-17(18)31-4)19-24-25-21(26(19)3)33-13(2)20(28)23-14-9-10-15(22)16(11-14)27(29)30/h5-13H,1-4H3,(H,23,28). The number of ether oxygens (including phenoxy) is 2. The molecule has 2 atom stereocenters. The van der Waals surface area contributed by atoms with Crippen LogP contribution in [0.1, 0.15) is 25.8 Å². The van der Waals surface area contributed by atoms with Gasteiger partial charge in [0.15, 0.2) is 28.6 Å². The Kier molecular flexibility index (Phi) is 7.48. The van der Waals surface area contributed by atoms with Crippen LogP contribution in [0.2, 0.25) is 0 Å². The van der Waals surface area contributed by atoms with E-state index in [4.69, 9.17) is 9.47 Å². The van der Waals surface area contributed by atoms with Gasteiger partial charge in [0.2, 0.25) is 11.7 Å². The maximum Gasteiger partial charge on any atom is 0.306 e. The quantitative estimate of drug-likeness (QED) is 0.279. The summed E-state index contributed by atoms with van der Waals surface area (Å²) in [5.41, 5.74) is -0.590. The summed E-state index contributed by atoms with van der Waals surface area (Å²) in [5.74, 6) is 0.295. The molecule has 2 unspecified atom stereocenters. The third-order valence-corrected chi connectivity index (χ3v) is 5.80. The second-order valence-electron chi connectivity index (χ2n) is 6.98. The van der Waals surface area contributed by atoms with Crippen molar-refractivity contribution in [2.45, 2.75) is 30.4 Å². The van der Waals surface area contributed by atoms with Crippen LogP contribution in [0.25, 0.3) is 0 Å². The molecule has 0 radical (unpaired) electrons. The van der Waals surface area contributed by atoms with Crippen LogP contribution in [0, 0.1) is 15.9 Å². The Labute approximate surface area is 193 Å². The van der Waals surface area contributed by atoms with Gasteiger partial charge in [-0.3, -0.25) is 14.9 Å². The SMILES string of the molecule is COc1ccccc1OC(C)c1nnc(SC(C)C(=O)Nc2ccc(F)c([N+](=O)[O-])c2)n1C. The number of methoxy groups -OCH3 is 1. The smallest absolute Gasteiger partial charge is 0.306 e. The van der Waals surface area contributed by atoms with Gasteiger partial charge in [-0.15, -0.1) is 10.2 Å². The van der Waals surface area contributed by atoms with Crippen molar-refractivity contribution in [2.75, 3.05) is 12.4 Å². The normalized spacial score (nSPS) is 12.6. The molecule has 2 aromatic carbocycles. The number of nitro benzene ring substituents is 1. The van der Waals surface area contributed by atoms with Crippen molar-refractivity contribution in [2.24, 2.45) is 7.05 Å². The Bertz CT molecular complexity index is 1170. The molecule has 1 aromatic heterocycles. The number of nitrogens with zero attached hydrogens (tertiary/aromatic N) is 4. The Balaban J connectivity index is 1.67. The number of hydrogen-bond acceptors (Lipinski definition) is 8. The Morgan fingerprint density at radius 2 is 1.91 bits per heavy atom. The topological polar surface area (TPSA) is 121 Å². The van der Waals surface area contributed by atoms with Crippen molar-refractivity contribution in [3.05, 3.63) is 64.2 Å².